The summed E-state index contributed by atoms with van der Waals surface area (Å²) in [5, 5.41) is 2.04. The van der Waals surface area contributed by atoms with Crippen LogP contribution in [0.15, 0.2) is 17.5 Å². The maximum atomic E-state index is 12.6. The first-order chi connectivity index (χ1) is 9.58. The Morgan fingerprint density at radius 3 is 2.95 bits per heavy atom. The lowest BCUT2D eigenvalue weighted by molar-refractivity contribution is -0.137. The van der Waals surface area contributed by atoms with Gasteiger partial charge in [0.15, 0.2) is 0 Å². The van der Waals surface area contributed by atoms with Crippen LogP contribution in [-0.4, -0.2) is 36.1 Å². The largest absolute Gasteiger partial charge is 0.376 e. The monoisotopic (exact) mass is 296 g/mol. The lowest BCUT2D eigenvalue weighted by atomic mass is 10.0. The van der Waals surface area contributed by atoms with Crippen LogP contribution in [-0.2, 0) is 16.1 Å². The Kier molecular flexibility index (Phi) is 5.57. The maximum Gasteiger partial charge on any atom is 0.227 e. The molecule has 112 valence electrons. The van der Waals surface area contributed by atoms with Gasteiger partial charge in [-0.2, -0.15) is 0 Å². The van der Waals surface area contributed by atoms with Crippen LogP contribution in [0.25, 0.3) is 0 Å². The second kappa shape index (κ2) is 7.20. The van der Waals surface area contributed by atoms with Crippen molar-refractivity contribution in [2.75, 3.05) is 13.2 Å². The molecule has 0 aromatic carbocycles. The minimum atomic E-state index is -0.156. The summed E-state index contributed by atoms with van der Waals surface area (Å²) in [6.45, 7) is 5.94. The molecule has 5 heteroatoms. The molecule has 2 heterocycles. The molecule has 1 aliphatic heterocycles. The van der Waals surface area contributed by atoms with Crippen LogP contribution < -0.4 is 5.73 Å². The van der Waals surface area contributed by atoms with E-state index in [2.05, 4.69) is 6.07 Å². The number of nitrogens with zero attached hydrogens (tertiary/aromatic N) is 1. The molecule has 0 spiro atoms. The molecule has 2 N–H and O–H groups in total. The second-order valence-electron chi connectivity index (χ2n) is 5.58. The molecular weight excluding hydrogens is 272 g/mol. The van der Waals surface area contributed by atoms with E-state index in [0.717, 1.165) is 19.4 Å². The fourth-order valence-corrected chi connectivity index (χ4v) is 3.09. The Hall–Kier alpha value is -0.910. The summed E-state index contributed by atoms with van der Waals surface area (Å²) in [5.41, 5.74) is 5.88. The highest BCUT2D eigenvalue weighted by molar-refractivity contribution is 7.09. The van der Waals surface area contributed by atoms with Gasteiger partial charge in [-0.1, -0.05) is 13.0 Å². The molecule has 1 fully saturated rings. The lowest BCUT2D eigenvalue weighted by Gasteiger charge is -2.29. The van der Waals surface area contributed by atoms with Crippen molar-refractivity contribution in [3.8, 4) is 0 Å². The predicted octanol–water partition coefficient (Wildman–Crippen LogP) is 2.24. The number of nitrogens with two attached hydrogens (primary N) is 1. The fourth-order valence-electron chi connectivity index (χ4n) is 2.37. The van der Waals surface area contributed by atoms with Gasteiger partial charge in [0, 0.05) is 24.1 Å². The normalized spacial score (nSPS) is 21.6. The zero-order chi connectivity index (χ0) is 14.5. The third-order valence-electron chi connectivity index (χ3n) is 3.86. The number of carbonyl (C=O) groups excluding carboxylic acids is 1. The Balaban J connectivity index is 2.03. The van der Waals surface area contributed by atoms with Crippen molar-refractivity contribution in [2.45, 2.75) is 45.4 Å². The van der Waals surface area contributed by atoms with E-state index in [0.29, 0.717) is 13.1 Å². The second-order valence-corrected chi connectivity index (χ2v) is 6.61. The van der Waals surface area contributed by atoms with Crippen molar-refractivity contribution in [1.82, 2.24) is 4.90 Å². The van der Waals surface area contributed by atoms with Crippen LogP contribution in [0.5, 0.6) is 0 Å². The third-order valence-corrected chi connectivity index (χ3v) is 4.73. The number of hydrogen-bond acceptors (Lipinski definition) is 4. The van der Waals surface area contributed by atoms with E-state index in [9.17, 15) is 4.79 Å². The summed E-state index contributed by atoms with van der Waals surface area (Å²) in [4.78, 5) is 15.7. The summed E-state index contributed by atoms with van der Waals surface area (Å²) < 4.78 is 5.67. The van der Waals surface area contributed by atoms with Gasteiger partial charge < -0.3 is 15.4 Å². The number of thiophene rings is 1. The van der Waals surface area contributed by atoms with E-state index in [-0.39, 0.29) is 24.0 Å². The highest BCUT2D eigenvalue weighted by atomic mass is 32.1. The van der Waals surface area contributed by atoms with Crippen molar-refractivity contribution >= 4 is 17.2 Å². The Bertz CT molecular complexity index is 414. The Morgan fingerprint density at radius 2 is 2.40 bits per heavy atom. The average Bonchev–Trinajstić information content (AvgIpc) is 3.09. The van der Waals surface area contributed by atoms with Crippen molar-refractivity contribution in [2.24, 2.45) is 11.7 Å². The van der Waals surface area contributed by atoms with Crippen LogP contribution in [0.4, 0.5) is 0 Å². The van der Waals surface area contributed by atoms with Gasteiger partial charge in [-0.05, 0) is 31.2 Å². The van der Waals surface area contributed by atoms with Crippen molar-refractivity contribution in [3.05, 3.63) is 22.4 Å². The Labute approximate surface area is 124 Å². The zero-order valence-electron chi connectivity index (χ0n) is 12.2. The molecule has 1 aromatic heterocycles. The quantitative estimate of drug-likeness (QED) is 0.876. The molecule has 0 radical (unpaired) electrons. The molecule has 0 bridgehead atoms. The molecule has 0 saturated carbocycles. The molecule has 4 nitrogen and oxygen atoms in total. The van der Waals surface area contributed by atoms with Crippen LogP contribution in [0.1, 0.15) is 31.6 Å². The highest BCUT2D eigenvalue weighted by Gasteiger charge is 2.27. The lowest BCUT2D eigenvalue weighted by Crippen LogP contribution is -2.44. The third kappa shape index (κ3) is 4.04. The first-order valence-electron chi connectivity index (χ1n) is 7.26. The summed E-state index contributed by atoms with van der Waals surface area (Å²) in [6.07, 6.45) is 2.31. The fraction of sp³-hybridized carbons (Fsp3) is 0.667. The molecule has 0 aliphatic carbocycles. The number of rotatable bonds is 6. The Morgan fingerprint density at radius 1 is 1.60 bits per heavy atom. The van der Waals surface area contributed by atoms with E-state index in [1.54, 1.807) is 11.3 Å². The van der Waals surface area contributed by atoms with Gasteiger partial charge in [0.05, 0.1) is 18.6 Å². The van der Waals surface area contributed by atoms with Crippen LogP contribution in [0, 0.1) is 5.92 Å². The summed E-state index contributed by atoms with van der Waals surface area (Å²) >= 11 is 1.68. The van der Waals surface area contributed by atoms with Crippen molar-refractivity contribution < 1.29 is 9.53 Å². The van der Waals surface area contributed by atoms with Gasteiger partial charge in [-0.15, -0.1) is 11.3 Å². The number of ether oxygens (including phenoxy) is 1. The number of amides is 1. The number of hydrogen-bond donors (Lipinski definition) is 1. The molecular formula is C15H24N2O2S. The van der Waals surface area contributed by atoms with Gasteiger partial charge >= 0.3 is 0 Å². The summed E-state index contributed by atoms with van der Waals surface area (Å²) in [5.74, 6) is -0.0275. The standard InChI is InChI=1S/C15H24N2O2S/c1-11(12(2)16)15(18)17(9-13-5-3-7-19-13)10-14-6-4-8-20-14/h4,6,8,11-13H,3,5,7,9-10,16H2,1-2H3. The first kappa shape index (κ1) is 15.5. The van der Waals surface area contributed by atoms with E-state index >= 15 is 0 Å². The molecule has 1 aliphatic rings. The predicted molar refractivity (Wildman–Crippen MR) is 81.5 cm³/mol. The first-order valence-corrected chi connectivity index (χ1v) is 8.14. The van der Waals surface area contributed by atoms with Crippen LogP contribution in [0.2, 0.25) is 0 Å². The van der Waals surface area contributed by atoms with Gasteiger partial charge in [0.1, 0.15) is 0 Å². The van der Waals surface area contributed by atoms with Gasteiger partial charge in [0.2, 0.25) is 5.91 Å². The minimum Gasteiger partial charge on any atom is -0.376 e. The van der Waals surface area contributed by atoms with Crippen LogP contribution in [0.3, 0.4) is 0 Å². The molecule has 1 amide bonds. The van der Waals surface area contributed by atoms with Crippen molar-refractivity contribution in [1.29, 1.82) is 0 Å². The van der Waals surface area contributed by atoms with E-state index in [4.69, 9.17) is 10.5 Å². The molecule has 2 rings (SSSR count). The van der Waals surface area contributed by atoms with Gasteiger partial charge in [-0.25, -0.2) is 0 Å². The number of carbonyl (C=O) groups is 1. The van der Waals surface area contributed by atoms with Gasteiger partial charge in [0.25, 0.3) is 0 Å². The van der Waals surface area contributed by atoms with E-state index < -0.39 is 0 Å². The molecule has 3 atom stereocenters. The topological polar surface area (TPSA) is 55.6 Å². The smallest absolute Gasteiger partial charge is 0.227 e. The van der Waals surface area contributed by atoms with E-state index in [1.165, 1.54) is 4.88 Å². The zero-order valence-corrected chi connectivity index (χ0v) is 13.1. The SMILES string of the molecule is CC(N)C(C)C(=O)N(Cc1cccs1)CC1CCCO1. The molecule has 1 saturated heterocycles. The van der Waals surface area contributed by atoms with E-state index in [1.807, 2.05) is 30.2 Å². The van der Waals surface area contributed by atoms with Gasteiger partial charge in [-0.3, -0.25) is 4.79 Å². The highest BCUT2D eigenvalue weighted by Crippen LogP contribution is 2.19. The molecule has 20 heavy (non-hydrogen) atoms. The summed E-state index contributed by atoms with van der Waals surface area (Å²) in [6, 6.07) is 3.96. The van der Waals surface area contributed by atoms with Crippen molar-refractivity contribution in [3.63, 3.8) is 0 Å². The molecule has 1 aromatic rings. The summed E-state index contributed by atoms with van der Waals surface area (Å²) in [7, 11) is 0. The molecule has 3 unspecified atom stereocenters. The van der Waals surface area contributed by atoms with Crippen LogP contribution >= 0.6 is 11.3 Å². The average molecular weight is 296 g/mol. The maximum absolute atomic E-state index is 12.6. The minimum absolute atomic E-state index is 0.127.